The lowest BCUT2D eigenvalue weighted by atomic mass is 10.1. The Morgan fingerprint density at radius 3 is 2.78 bits per heavy atom. The number of rotatable bonds is 6. The number of ether oxygens (including phenoxy) is 2. The molecule has 0 amide bonds. The van der Waals surface area contributed by atoms with Crippen LogP contribution in [0.3, 0.4) is 0 Å². The topological polar surface area (TPSA) is 78.6 Å². The van der Waals surface area contributed by atoms with Crippen LogP contribution in [0.2, 0.25) is 0 Å². The van der Waals surface area contributed by atoms with Crippen molar-refractivity contribution in [2.45, 2.75) is 12.9 Å². The van der Waals surface area contributed by atoms with Crippen molar-refractivity contribution in [2.75, 3.05) is 25.7 Å². The molecule has 0 spiro atoms. The minimum Gasteiger partial charge on any atom is -0.493 e. The van der Waals surface area contributed by atoms with Crippen LogP contribution in [0, 0.1) is 0 Å². The molecule has 0 aromatic heterocycles. The Bertz CT molecular complexity index is 660. The summed E-state index contributed by atoms with van der Waals surface area (Å²) >= 11 is 0. The van der Waals surface area contributed by atoms with Gasteiger partial charge in [-0.15, -0.1) is 0 Å². The summed E-state index contributed by atoms with van der Waals surface area (Å²) in [6, 6.07) is 3.32. The van der Waals surface area contributed by atoms with Crippen molar-refractivity contribution >= 4 is 9.84 Å². The fraction of sp³-hybridized carbons (Fsp3) is 0.500. The standard InChI is InChI=1S/C12H19NO4S/c1-4-17-12-7-9(5-6-11(12)16-2)10(13)8-18(3,14)15/h5-7,10H,4,8,13H2,1-3H3/i1D3,4D2. The lowest BCUT2D eigenvalue weighted by molar-refractivity contribution is 0.310. The summed E-state index contributed by atoms with van der Waals surface area (Å²) in [5.74, 6) is -0.381. The van der Waals surface area contributed by atoms with E-state index >= 15 is 0 Å². The van der Waals surface area contributed by atoms with Crippen LogP contribution in [0.15, 0.2) is 18.2 Å². The highest BCUT2D eigenvalue weighted by Gasteiger charge is 2.15. The lowest BCUT2D eigenvalue weighted by Crippen LogP contribution is -2.20. The predicted molar refractivity (Wildman–Crippen MR) is 70.8 cm³/mol. The van der Waals surface area contributed by atoms with Crippen molar-refractivity contribution in [1.29, 1.82) is 0 Å². The van der Waals surface area contributed by atoms with Gasteiger partial charge >= 0.3 is 0 Å². The van der Waals surface area contributed by atoms with Gasteiger partial charge in [0.1, 0.15) is 9.84 Å². The average molecular weight is 278 g/mol. The maximum atomic E-state index is 11.3. The first kappa shape index (κ1) is 8.77. The zero-order valence-corrected chi connectivity index (χ0v) is 11.0. The van der Waals surface area contributed by atoms with Crippen molar-refractivity contribution in [3.63, 3.8) is 0 Å². The van der Waals surface area contributed by atoms with Crippen molar-refractivity contribution in [3.8, 4) is 11.5 Å². The van der Waals surface area contributed by atoms with Crippen LogP contribution in [-0.4, -0.2) is 34.1 Å². The molecule has 18 heavy (non-hydrogen) atoms. The molecule has 0 aliphatic carbocycles. The van der Waals surface area contributed by atoms with Crippen LogP contribution in [0.1, 0.15) is 25.3 Å². The highest BCUT2D eigenvalue weighted by Crippen LogP contribution is 2.30. The summed E-state index contributed by atoms with van der Waals surface area (Å²) in [6.07, 6.45) is 1.04. The predicted octanol–water partition coefficient (Wildman–Crippen LogP) is 1.14. The first-order valence-corrected chi connectivity index (χ1v) is 7.13. The lowest BCUT2D eigenvalue weighted by Gasteiger charge is -2.15. The monoisotopic (exact) mass is 278 g/mol. The average Bonchev–Trinajstić information content (AvgIpc) is 2.34. The Hall–Kier alpha value is -1.27. The molecule has 0 fully saturated rings. The van der Waals surface area contributed by atoms with Crippen LogP contribution < -0.4 is 15.2 Å². The highest BCUT2D eigenvalue weighted by atomic mass is 32.2. The first-order chi connectivity index (χ1) is 10.3. The molecule has 0 heterocycles. The molecule has 2 N–H and O–H groups in total. The minimum absolute atomic E-state index is 0.105. The Balaban J connectivity index is 3.19. The zero-order valence-electron chi connectivity index (χ0n) is 15.1. The molecule has 0 saturated heterocycles. The van der Waals surface area contributed by atoms with E-state index in [1.807, 2.05) is 0 Å². The molecule has 0 radical (unpaired) electrons. The maximum Gasteiger partial charge on any atom is 0.161 e. The van der Waals surface area contributed by atoms with Gasteiger partial charge in [0.15, 0.2) is 11.5 Å². The quantitative estimate of drug-likeness (QED) is 0.844. The molecule has 102 valence electrons. The number of sulfone groups is 1. The zero-order chi connectivity index (χ0) is 18.1. The van der Waals surface area contributed by atoms with E-state index in [1.165, 1.54) is 25.3 Å². The van der Waals surface area contributed by atoms with Crippen molar-refractivity contribution in [1.82, 2.24) is 0 Å². The third kappa shape index (κ3) is 4.19. The molecular formula is C12H19NO4S. The normalized spacial score (nSPS) is 18.7. The minimum atomic E-state index is -3.32. The van der Waals surface area contributed by atoms with E-state index in [0.717, 1.165) is 6.26 Å². The number of methoxy groups -OCH3 is 1. The largest absolute Gasteiger partial charge is 0.493 e. The van der Waals surface area contributed by atoms with Gasteiger partial charge in [-0.3, -0.25) is 0 Å². The fourth-order valence-corrected chi connectivity index (χ4v) is 2.33. The summed E-state index contributed by atoms with van der Waals surface area (Å²) in [5, 5.41) is 0. The summed E-state index contributed by atoms with van der Waals surface area (Å²) in [5.41, 5.74) is 6.16. The molecule has 0 bridgehead atoms. The van der Waals surface area contributed by atoms with Gasteiger partial charge in [0.05, 0.1) is 22.2 Å². The van der Waals surface area contributed by atoms with Crippen LogP contribution >= 0.6 is 0 Å². The van der Waals surface area contributed by atoms with Crippen LogP contribution in [0.25, 0.3) is 0 Å². The van der Waals surface area contributed by atoms with Gasteiger partial charge in [0, 0.05) is 16.4 Å². The van der Waals surface area contributed by atoms with Gasteiger partial charge in [0.25, 0.3) is 0 Å². The van der Waals surface area contributed by atoms with Crippen LogP contribution in [-0.2, 0) is 9.84 Å². The Labute approximate surface area is 115 Å². The molecule has 1 aromatic carbocycles. The van der Waals surface area contributed by atoms with Crippen LogP contribution in [0.5, 0.6) is 11.5 Å². The van der Waals surface area contributed by atoms with Gasteiger partial charge in [-0.25, -0.2) is 8.42 Å². The third-order valence-electron chi connectivity index (χ3n) is 2.26. The van der Waals surface area contributed by atoms with E-state index in [-0.39, 0.29) is 17.3 Å². The second-order valence-corrected chi connectivity index (χ2v) is 6.00. The molecule has 0 aliphatic rings. The molecule has 1 aromatic rings. The maximum absolute atomic E-state index is 11.3. The van der Waals surface area contributed by atoms with Crippen molar-refractivity contribution in [2.24, 2.45) is 5.73 Å². The SMILES string of the molecule is [2H]C([2H])([2H])C([2H])([2H])Oc1cc(C(N)CS(C)(=O)=O)ccc1OC. The highest BCUT2D eigenvalue weighted by molar-refractivity contribution is 7.90. The van der Waals surface area contributed by atoms with Gasteiger partial charge < -0.3 is 15.2 Å². The number of nitrogens with two attached hydrogens (primary N) is 1. The van der Waals surface area contributed by atoms with Crippen molar-refractivity contribution < 1.29 is 24.7 Å². The molecular weight excluding hydrogens is 254 g/mol. The Morgan fingerprint density at radius 1 is 1.50 bits per heavy atom. The molecule has 1 rings (SSSR count). The Morgan fingerprint density at radius 2 is 2.22 bits per heavy atom. The van der Waals surface area contributed by atoms with E-state index in [4.69, 9.17) is 22.1 Å². The number of benzene rings is 1. The summed E-state index contributed by atoms with van der Waals surface area (Å²) < 4.78 is 69.1. The van der Waals surface area contributed by atoms with Crippen LogP contribution in [0.4, 0.5) is 0 Å². The molecule has 1 unspecified atom stereocenters. The third-order valence-corrected chi connectivity index (χ3v) is 3.22. The molecule has 0 saturated carbocycles. The first-order valence-electron chi connectivity index (χ1n) is 7.57. The molecule has 1 atom stereocenters. The summed E-state index contributed by atoms with van der Waals surface area (Å²) in [7, 11) is -2.01. The van der Waals surface area contributed by atoms with Gasteiger partial charge in [-0.1, -0.05) is 6.07 Å². The number of hydrogen-bond donors (Lipinski definition) is 1. The van der Waals surface area contributed by atoms with Gasteiger partial charge in [0.2, 0.25) is 0 Å². The molecule has 6 heteroatoms. The molecule has 0 aliphatic heterocycles. The second-order valence-electron chi connectivity index (χ2n) is 3.81. The summed E-state index contributed by atoms with van der Waals surface area (Å²) in [6.45, 7) is -5.96. The van der Waals surface area contributed by atoms with Gasteiger partial charge in [-0.2, -0.15) is 0 Å². The van der Waals surface area contributed by atoms with Crippen molar-refractivity contribution in [3.05, 3.63) is 23.8 Å². The molecule has 5 nitrogen and oxygen atoms in total. The van der Waals surface area contributed by atoms with E-state index < -0.39 is 29.3 Å². The summed E-state index contributed by atoms with van der Waals surface area (Å²) in [4.78, 5) is 0. The van der Waals surface area contributed by atoms with E-state index in [1.54, 1.807) is 0 Å². The van der Waals surface area contributed by atoms with E-state index in [9.17, 15) is 8.42 Å². The number of hydrogen-bond acceptors (Lipinski definition) is 5. The smallest absolute Gasteiger partial charge is 0.161 e. The second kappa shape index (κ2) is 6.06. The van der Waals surface area contributed by atoms with E-state index in [0.29, 0.717) is 5.56 Å². The van der Waals surface area contributed by atoms with E-state index in [2.05, 4.69) is 0 Å². The Kier molecular flexibility index (Phi) is 2.95. The van der Waals surface area contributed by atoms with Gasteiger partial charge in [-0.05, 0) is 24.5 Å². The fourth-order valence-electron chi connectivity index (χ4n) is 1.48.